The number of likely N-dealkylation sites (tertiary alicyclic amines) is 1. The lowest BCUT2D eigenvalue weighted by Crippen LogP contribution is -2.58. The number of nitrogens with one attached hydrogen (secondary N) is 2. The Balaban J connectivity index is 1.01. The largest absolute Gasteiger partial charge is 0.506 e. The monoisotopic (exact) mass is 687 g/mol. The second-order valence-corrected chi connectivity index (χ2v) is 14.5. The summed E-state index contributed by atoms with van der Waals surface area (Å²) in [6, 6.07) is 5.75. The van der Waals surface area contributed by atoms with E-state index in [0.717, 1.165) is 16.3 Å². The second kappa shape index (κ2) is 14.1. The third-order valence-corrected chi connectivity index (χ3v) is 11.1. The van der Waals surface area contributed by atoms with Gasteiger partial charge >= 0.3 is 4.87 Å². The van der Waals surface area contributed by atoms with Gasteiger partial charge in [0.15, 0.2) is 0 Å². The number of morpholine rings is 1. The normalized spacial score (nSPS) is 17.6. The van der Waals surface area contributed by atoms with E-state index in [1.807, 2.05) is 10.3 Å². The number of ether oxygens (including phenoxy) is 1. The van der Waals surface area contributed by atoms with Crippen molar-refractivity contribution >= 4 is 38.8 Å². The van der Waals surface area contributed by atoms with Crippen LogP contribution < -0.4 is 10.2 Å². The van der Waals surface area contributed by atoms with E-state index in [-0.39, 0.29) is 53.0 Å². The van der Waals surface area contributed by atoms with Gasteiger partial charge in [-0.1, -0.05) is 37.3 Å². The topological polar surface area (TPSA) is 131 Å². The second-order valence-electron chi connectivity index (χ2n) is 12.6. The molecule has 4 aromatic rings. The molecule has 1 atom stereocenters. The summed E-state index contributed by atoms with van der Waals surface area (Å²) in [5.41, 5.74) is 1.19. The molecule has 1 spiro atoms. The molecule has 0 unspecified atom stereocenters. The number of aromatic nitrogens is 2. The number of aromatic hydroxyl groups is 1. The van der Waals surface area contributed by atoms with Crippen molar-refractivity contribution in [2.24, 2.45) is 0 Å². The molecule has 2 aromatic carbocycles. The van der Waals surface area contributed by atoms with E-state index in [2.05, 4.69) is 34.0 Å². The van der Waals surface area contributed by atoms with Crippen LogP contribution >= 0.6 is 22.7 Å². The zero-order chi connectivity index (χ0) is 33.3. The number of carbonyl (C=O) groups is 1. The average molecular weight is 688 g/mol. The molecule has 1 amide bonds. The van der Waals surface area contributed by atoms with E-state index in [1.165, 1.54) is 29.5 Å². The number of thiazole rings is 2. The standard InChI is InChI=1S/C33H39F2N5O5S2/c1-19(2)30-37-24(17-46-30)31(43)40-13-14-45-33(18-40)8-11-39(12-9-33)16-20-3-5-23(34)21(27(20)35)7-10-36-15-26(42)22-4-6-25(41)28-29(22)47-32(44)38-28/h3-6,17,19,26,36,41-42H,7-16,18H2,1-2H3,(H,38,44)/t26-/m0/s1. The summed E-state index contributed by atoms with van der Waals surface area (Å²) in [5.74, 6) is -1.07. The Morgan fingerprint density at radius 2 is 1.98 bits per heavy atom. The van der Waals surface area contributed by atoms with Crippen LogP contribution in [0.2, 0.25) is 0 Å². The number of phenolic OH excluding ortho intramolecular Hbond substituents is 1. The van der Waals surface area contributed by atoms with Crippen LogP contribution in [0.15, 0.2) is 34.4 Å². The number of amides is 1. The summed E-state index contributed by atoms with van der Waals surface area (Å²) >= 11 is 2.41. The lowest BCUT2D eigenvalue weighted by molar-refractivity contribution is -0.128. The van der Waals surface area contributed by atoms with Crippen molar-refractivity contribution in [3.8, 4) is 5.75 Å². The molecular formula is C33H39F2N5O5S2. The number of aromatic amines is 1. The molecule has 2 saturated heterocycles. The molecule has 2 aliphatic rings. The van der Waals surface area contributed by atoms with E-state index in [1.54, 1.807) is 6.07 Å². The predicted octanol–water partition coefficient (Wildman–Crippen LogP) is 4.53. The zero-order valence-corrected chi connectivity index (χ0v) is 28.0. The minimum atomic E-state index is -0.989. The van der Waals surface area contributed by atoms with Gasteiger partial charge < -0.3 is 30.2 Å². The fourth-order valence-corrected chi connectivity index (χ4v) is 8.08. The molecule has 6 rings (SSSR count). The molecule has 0 bridgehead atoms. The van der Waals surface area contributed by atoms with Crippen LogP contribution in [0.5, 0.6) is 5.75 Å². The third kappa shape index (κ3) is 7.27. The van der Waals surface area contributed by atoms with Crippen LogP contribution in [-0.2, 0) is 17.7 Å². The van der Waals surface area contributed by atoms with Crippen LogP contribution in [0, 0.1) is 11.6 Å². The van der Waals surface area contributed by atoms with Gasteiger partial charge in [-0.15, -0.1) is 11.3 Å². The summed E-state index contributed by atoms with van der Waals surface area (Å²) in [5, 5.41) is 26.5. The number of hydrogen-bond donors (Lipinski definition) is 4. The molecular weight excluding hydrogens is 649 g/mol. The van der Waals surface area contributed by atoms with Crippen LogP contribution in [0.25, 0.3) is 10.2 Å². The van der Waals surface area contributed by atoms with Crippen molar-refractivity contribution in [1.29, 1.82) is 0 Å². The molecule has 2 aromatic heterocycles. The Morgan fingerprint density at radius 1 is 1.19 bits per heavy atom. The molecule has 0 radical (unpaired) electrons. The van der Waals surface area contributed by atoms with Gasteiger partial charge in [-0.05, 0) is 37.9 Å². The SMILES string of the molecule is CC(C)c1nc(C(=O)N2CCOC3(CCN(Cc4ccc(F)c(CCNC[C@H](O)c5ccc(O)c6[nH]c(=O)sc56)c4F)CC3)C2)cs1. The van der Waals surface area contributed by atoms with Crippen molar-refractivity contribution in [2.45, 2.75) is 57.3 Å². The fraction of sp³-hybridized carbons (Fsp3) is 0.485. The molecule has 252 valence electrons. The number of piperidine rings is 1. The van der Waals surface area contributed by atoms with Crippen molar-refractivity contribution < 1.29 is 28.5 Å². The number of halogens is 2. The number of fused-ring (bicyclic) bond motifs is 1. The molecule has 2 aliphatic heterocycles. The number of benzene rings is 2. The molecule has 47 heavy (non-hydrogen) atoms. The first-order valence-corrected chi connectivity index (χ1v) is 17.5. The van der Waals surface area contributed by atoms with Gasteiger partial charge in [0.2, 0.25) is 0 Å². The molecule has 2 fully saturated rings. The summed E-state index contributed by atoms with van der Waals surface area (Å²) < 4.78 is 37.0. The first kappa shape index (κ1) is 33.6. The van der Waals surface area contributed by atoms with Crippen LogP contribution in [0.4, 0.5) is 8.78 Å². The fourth-order valence-electron chi connectivity index (χ4n) is 6.35. The van der Waals surface area contributed by atoms with Gasteiger partial charge in [0.05, 0.1) is 34.6 Å². The molecule has 0 aliphatic carbocycles. The zero-order valence-electron chi connectivity index (χ0n) is 26.4. The van der Waals surface area contributed by atoms with Gasteiger partial charge in [-0.25, -0.2) is 13.8 Å². The number of aliphatic hydroxyl groups excluding tert-OH is 1. The maximum Gasteiger partial charge on any atom is 0.305 e. The van der Waals surface area contributed by atoms with Crippen LogP contribution in [-0.4, -0.2) is 87.4 Å². The van der Waals surface area contributed by atoms with Crippen molar-refractivity contribution in [1.82, 2.24) is 25.1 Å². The summed E-state index contributed by atoms with van der Waals surface area (Å²) in [6.07, 6.45) is 0.482. The number of aliphatic hydroxyl groups is 1. The minimum Gasteiger partial charge on any atom is -0.506 e. The Labute approximate surface area is 279 Å². The number of H-pyrrole nitrogens is 1. The highest BCUT2D eigenvalue weighted by atomic mass is 32.1. The highest BCUT2D eigenvalue weighted by molar-refractivity contribution is 7.16. The van der Waals surface area contributed by atoms with Crippen molar-refractivity contribution in [3.05, 3.63) is 78.3 Å². The van der Waals surface area contributed by atoms with E-state index in [9.17, 15) is 24.2 Å². The van der Waals surface area contributed by atoms with Gasteiger partial charge in [-0.2, -0.15) is 0 Å². The number of rotatable bonds is 10. The molecule has 4 N–H and O–H groups in total. The molecule has 4 heterocycles. The number of hydrogen-bond acceptors (Lipinski definition) is 10. The molecule has 14 heteroatoms. The van der Waals surface area contributed by atoms with Crippen molar-refractivity contribution in [2.75, 3.05) is 45.9 Å². The van der Waals surface area contributed by atoms with E-state index >= 15 is 4.39 Å². The summed E-state index contributed by atoms with van der Waals surface area (Å²) in [7, 11) is 0. The quantitative estimate of drug-likeness (QED) is 0.179. The van der Waals surface area contributed by atoms with E-state index in [0.29, 0.717) is 73.7 Å². The van der Waals surface area contributed by atoms with Crippen LogP contribution in [0.1, 0.15) is 70.9 Å². The first-order chi connectivity index (χ1) is 22.5. The minimum absolute atomic E-state index is 0.0127. The Morgan fingerprint density at radius 3 is 2.72 bits per heavy atom. The molecule has 10 nitrogen and oxygen atoms in total. The van der Waals surface area contributed by atoms with Gasteiger partial charge in [-0.3, -0.25) is 14.5 Å². The van der Waals surface area contributed by atoms with Gasteiger partial charge in [0, 0.05) is 60.7 Å². The maximum absolute atomic E-state index is 15.6. The predicted molar refractivity (Wildman–Crippen MR) is 177 cm³/mol. The van der Waals surface area contributed by atoms with Crippen LogP contribution in [0.3, 0.4) is 0 Å². The number of phenols is 1. The Hall–Kier alpha value is -3.27. The van der Waals surface area contributed by atoms with E-state index < -0.39 is 23.3 Å². The van der Waals surface area contributed by atoms with Crippen molar-refractivity contribution in [3.63, 3.8) is 0 Å². The lowest BCUT2D eigenvalue weighted by Gasteiger charge is -2.47. The van der Waals surface area contributed by atoms with Gasteiger partial charge in [0.25, 0.3) is 5.91 Å². The highest BCUT2D eigenvalue weighted by Crippen LogP contribution is 2.33. The first-order valence-electron chi connectivity index (χ1n) is 15.8. The number of nitrogens with zero attached hydrogens (tertiary/aromatic N) is 3. The summed E-state index contributed by atoms with van der Waals surface area (Å²) in [4.78, 5) is 35.7. The Kier molecular flexibility index (Phi) is 10.1. The Bertz CT molecular complexity index is 1800. The molecule has 0 saturated carbocycles. The smallest absolute Gasteiger partial charge is 0.305 e. The average Bonchev–Trinajstić information content (AvgIpc) is 3.71. The highest BCUT2D eigenvalue weighted by Gasteiger charge is 2.41. The summed E-state index contributed by atoms with van der Waals surface area (Å²) in [6.45, 7) is 7.55. The maximum atomic E-state index is 15.6. The number of carbonyl (C=O) groups excluding carboxylic acids is 1. The third-order valence-electron chi connectivity index (χ3n) is 9.03. The lowest BCUT2D eigenvalue weighted by atomic mass is 9.89. The van der Waals surface area contributed by atoms with E-state index in [4.69, 9.17) is 4.74 Å². The van der Waals surface area contributed by atoms with Gasteiger partial charge in [0.1, 0.15) is 28.6 Å².